The Morgan fingerprint density at radius 3 is 2.55 bits per heavy atom. The molecule has 0 bridgehead atoms. The van der Waals surface area contributed by atoms with Crippen LogP contribution in [0.2, 0.25) is 0 Å². The van der Waals surface area contributed by atoms with Crippen LogP contribution in [0.3, 0.4) is 0 Å². The van der Waals surface area contributed by atoms with Gasteiger partial charge in [-0.25, -0.2) is 0 Å². The first-order valence-corrected chi connectivity index (χ1v) is 4.51. The Kier molecular flexibility index (Phi) is 2.55. The lowest BCUT2D eigenvalue weighted by Gasteiger charge is -2.28. The summed E-state index contributed by atoms with van der Waals surface area (Å²) in [4.78, 5) is 0. The molecule has 0 radical (unpaired) electrons. The number of aliphatic hydroxyl groups is 1. The van der Waals surface area contributed by atoms with E-state index in [2.05, 4.69) is 19.2 Å². The monoisotopic (exact) mass is 157 g/mol. The summed E-state index contributed by atoms with van der Waals surface area (Å²) in [6, 6.07) is 0.784. The maximum Gasteiger partial charge on any atom is 0.0772 e. The van der Waals surface area contributed by atoms with Crippen molar-refractivity contribution in [1.82, 2.24) is 5.32 Å². The molecule has 0 aromatic carbocycles. The molecule has 0 amide bonds. The fraction of sp³-hybridized carbons (Fsp3) is 1.00. The molecule has 0 aromatic heterocycles. The van der Waals surface area contributed by atoms with E-state index in [0.29, 0.717) is 12.1 Å². The molecule has 1 rings (SSSR count). The molecule has 1 aliphatic carbocycles. The lowest BCUT2D eigenvalue weighted by atomic mass is 10.0. The van der Waals surface area contributed by atoms with Crippen molar-refractivity contribution in [1.29, 1.82) is 0 Å². The number of hydrogen-bond acceptors (Lipinski definition) is 2. The summed E-state index contributed by atoms with van der Waals surface area (Å²) in [6.45, 7) is 6.17. The Bertz CT molecular complexity index is 132. The van der Waals surface area contributed by atoms with E-state index in [1.165, 1.54) is 0 Å². The van der Waals surface area contributed by atoms with E-state index in [1.54, 1.807) is 0 Å². The van der Waals surface area contributed by atoms with E-state index < -0.39 is 5.60 Å². The largest absolute Gasteiger partial charge is 0.389 e. The SMILES string of the molecule is CC(C)N[C@H]1CCC[C@@]1(C)O. The normalized spacial score (nSPS) is 38.5. The van der Waals surface area contributed by atoms with Gasteiger partial charge in [0.2, 0.25) is 0 Å². The van der Waals surface area contributed by atoms with Crippen molar-refractivity contribution in [3.05, 3.63) is 0 Å². The highest BCUT2D eigenvalue weighted by molar-refractivity contribution is 4.94. The maximum atomic E-state index is 9.84. The Labute approximate surface area is 69.0 Å². The van der Waals surface area contributed by atoms with E-state index in [-0.39, 0.29) is 0 Å². The van der Waals surface area contributed by atoms with Gasteiger partial charge in [0.15, 0.2) is 0 Å². The van der Waals surface area contributed by atoms with Crippen LogP contribution in [0.15, 0.2) is 0 Å². The Hall–Kier alpha value is -0.0800. The molecule has 2 nitrogen and oxygen atoms in total. The quantitative estimate of drug-likeness (QED) is 0.633. The van der Waals surface area contributed by atoms with Crippen LogP contribution in [0.1, 0.15) is 40.0 Å². The minimum absolute atomic E-state index is 0.308. The number of hydrogen-bond donors (Lipinski definition) is 2. The molecular formula is C9H19NO. The summed E-state index contributed by atoms with van der Waals surface area (Å²) in [6.07, 6.45) is 3.21. The zero-order valence-corrected chi connectivity index (χ0v) is 7.72. The van der Waals surface area contributed by atoms with E-state index in [0.717, 1.165) is 19.3 Å². The first-order valence-electron chi connectivity index (χ1n) is 4.51. The van der Waals surface area contributed by atoms with Crippen molar-refractivity contribution in [2.75, 3.05) is 0 Å². The van der Waals surface area contributed by atoms with Gasteiger partial charge in [0.1, 0.15) is 0 Å². The minimum Gasteiger partial charge on any atom is -0.389 e. The summed E-state index contributed by atoms with van der Waals surface area (Å²) in [5.74, 6) is 0. The predicted octanol–water partition coefficient (Wildman–Crippen LogP) is 1.29. The third-order valence-corrected chi connectivity index (χ3v) is 2.46. The summed E-state index contributed by atoms with van der Waals surface area (Å²) >= 11 is 0. The van der Waals surface area contributed by atoms with Gasteiger partial charge in [0.05, 0.1) is 5.60 Å². The fourth-order valence-electron chi connectivity index (χ4n) is 1.81. The molecule has 0 unspecified atom stereocenters. The molecule has 0 aliphatic heterocycles. The zero-order chi connectivity index (χ0) is 8.48. The van der Waals surface area contributed by atoms with Crippen molar-refractivity contribution in [3.8, 4) is 0 Å². The van der Waals surface area contributed by atoms with Gasteiger partial charge in [-0.15, -0.1) is 0 Å². The van der Waals surface area contributed by atoms with Crippen molar-refractivity contribution in [2.24, 2.45) is 0 Å². The third kappa shape index (κ3) is 2.17. The highest BCUT2D eigenvalue weighted by Gasteiger charge is 2.36. The maximum absolute atomic E-state index is 9.84. The smallest absolute Gasteiger partial charge is 0.0772 e. The van der Waals surface area contributed by atoms with Gasteiger partial charge in [-0.2, -0.15) is 0 Å². The van der Waals surface area contributed by atoms with Crippen LogP contribution >= 0.6 is 0 Å². The lowest BCUT2D eigenvalue weighted by Crippen LogP contribution is -2.47. The Morgan fingerprint density at radius 1 is 1.55 bits per heavy atom. The van der Waals surface area contributed by atoms with Crippen LogP contribution in [0, 0.1) is 0 Å². The molecule has 66 valence electrons. The van der Waals surface area contributed by atoms with E-state index in [9.17, 15) is 5.11 Å². The van der Waals surface area contributed by atoms with Crippen LogP contribution in [0.5, 0.6) is 0 Å². The molecule has 0 aromatic rings. The summed E-state index contributed by atoms with van der Waals surface area (Å²) in [7, 11) is 0. The van der Waals surface area contributed by atoms with E-state index >= 15 is 0 Å². The Morgan fingerprint density at radius 2 is 2.18 bits per heavy atom. The first kappa shape index (κ1) is 9.01. The van der Waals surface area contributed by atoms with Crippen molar-refractivity contribution in [3.63, 3.8) is 0 Å². The molecule has 2 N–H and O–H groups in total. The van der Waals surface area contributed by atoms with Gasteiger partial charge in [-0.3, -0.25) is 0 Å². The highest BCUT2D eigenvalue weighted by atomic mass is 16.3. The number of nitrogens with one attached hydrogen (secondary N) is 1. The summed E-state index contributed by atoms with van der Waals surface area (Å²) in [5, 5.41) is 13.2. The van der Waals surface area contributed by atoms with Crippen LogP contribution in [0.25, 0.3) is 0 Å². The van der Waals surface area contributed by atoms with Crippen LogP contribution in [-0.4, -0.2) is 22.8 Å². The van der Waals surface area contributed by atoms with Gasteiger partial charge in [0, 0.05) is 12.1 Å². The van der Waals surface area contributed by atoms with Gasteiger partial charge < -0.3 is 10.4 Å². The second-order valence-corrected chi connectivity index (χ2v) is 4.12. The lowest BCUT2D eigenvalue weighted by molar-refractivity contribution is 0.0366. The molecule has 2 heteroatoms. The van der Waals surface area contributed by atoms with Gasteiger partial charge >= 0.3 is 0 Å². The molecule has 0 spiro atoms. The molecule has 0 saturated heterocycles. The van der Waals surface area contributed by atoms with Gasteiger partial charge in [-0.05, 0) is 26.2 Å². The first-order chi connectivity index (χ1) is 5.02. The molecule has 11 heavy (non-hydrogen) atoms. The molecular weight excluding hydrogens is 138 g/mol. The zero-order valence-electron chi connectivity index (χ0n) is 7.72. The second kappa shape index (κ2) is 3.11. The standard InChI is InChI=1S/C9H19NO/c1-7(2)10-8-5-4-6-9(8,3)11/h7-8,10-11H,4-6H2,1-3H3/t8-,9+/m0/s1. The van der Waals surface area contributed by atoms with Crippen LogP contribution in [0.4, 0.5) is 0 Å². The van der Waals surface area contributed by atoms with Gasteiger partial charge in [-0.1, -0.05) is 13.8 Å². The fourth-order valence-corrected chi connectivity index (χ4v) is 1.81. The molecule has 1 fully saturated rings. The number of rotatable bonds is 2. The average molecular weight is 157 g/mol. The molecule has 2 atom stereocenters. The van der Waals surface area contributed by atoms with Crippen molar-refractivity contribution < 1.29 is 5.11 Å². The predicted molar refractivity (Wildman–Crippen MR) is 46.5 cm³/mol. The van der Waals surface area contributed by atoms with Crippen molar-refractivity contribution in [2.45, 2.75) is 57.7 Å². The van der Waals surface area contributed by atoms with Crippen molar-refractivity contribution >= 4 is 0 Å². The minimum atomic E-state index is -0.468. The van der Waals surface area contributed by atoms with Gasteiger partial charge in [0.25, 0.3) is 0 Å². The topological polar surface area (TPSA) is 32.3 Å². The van der Waals surface area contributed by atoms with Crippen LogP contribution < -0.4 is 5.32 Å². The second-order valence-electron chi connectivity index (χ2n) is 4.12. The molecule has 0 heterocycles. The van der Waals surface area contributed by atoms with Crippen LogP contribution in [-0.2, 0) is 0 Å². The average Bonchev–Trinajstić information content (AvgIpc) is 2.10. The third-order valence-electron chi connectivity index (χ3n) is 2.46. The summed E-state index contributed by atoms with van der Waals surface area (Å²) in [5.41, 5.74) is -0.468. The van der Waals surface area contributed by atoms with E-state index in [4.69, 9.17) is 0 Å². The molecule has 1 saturated carbocycles. The Balaban J connectivity index is 2.45. The van der Waals surface area contributed by atoms with E-state index in [1.807, 2.05) is 6.92 Å². The summed E-state index contributed by atoms with van der Waals surface area (Å²) < 4.78 is 0. The highest BCUT2D eigenvalue weighted by Crippen LogP contribution is 2.29. The molecule has 1 aliphatic rings.